The van der Waals surface area contributed by atoms with Gasteiger partial charge in [0.15, 0.2) is 5.96 Å². The second kappa shape index (κ2) is 4.99. The molecule has 1 heterocycles. The molecule has 0 aliphatic rings. The smallest absolute Gasteiger partial charge is 0.218 e. The summed E-state index contributed by atoms with van der Waals surface area (Å²) in [4.78, 5) is 7.69. The summed E-state index contributed by atoms with van der Waals surface area (Å²) < 4.78 is 1.76. The van der Waals surface area contributed by atoms with Crippen molar-refractivity contribution in [3.8, 4) is 0 Å². The van der Waals surface area contributed by atoms with Gasteiger partial charge in [-0.25, -0.2) is 4.99 Å². The van der Waals surface area contributed by atoms with Crippen LogP contribution in [0.5, 0.6) is 0 Å². The Labute approximate surface area is 87.7 Å². The first-order chi connectivity index (χ1) is 7.08. The van der Waals surface area contributed by atoms with Gasteiger partial charge in [0, 0.05) is 12.4 Å². The van der Waals surface area contributed by atoms with Gasteiger partial charge in [0.05, 0.1) is 12.6 Å². The summed E-state index contributed by atoms with van der Waals surface area (Å²) in [5, 5.41) is 4.05. The first-order valence-corrected chi connectivity index (χ1v) is 4.48. The summed E-state index contributed by atoms with van der Waals surface area (Å²) in [5.41, 5.74) is 15.8. The van der Waals surface area contributed by atoms with Crippen LogP contribution in [0.4, 0.5) is 0 Å². The molecule has 0 aliphatic heterocycles. The van der Waals surface area contributed by atoms with Crippen molar-refractivity contribution in [2.75, 3.05) is 0 Å². The lowest BCUT2D eigenvalue weighted by Crippen LogP contribution is -2.27. The molecule has 0 fully saturated rings. The van der Waals surface area contributed by atoms with Crippen molar-refractivity contribution in [2.45, 2.75) is 19.5 Å². The number of aliphatic imine (C=N–C) groups is 2. The maximum absolute atomic E-state index is 5.48. The SMILES string of the molecule is CC(Cn1cccn1)N=C(N)N=C(N)N. The molecule has 0 aromatic carbocycles. The van der Waals surface area contributed by atoms with Crippen LogP contribution in [0.3, 0.4) is 0 Å². The Kier molecular flexibility index (Phi) is 3.67. The van der Waals surface area contributed by atoms with Gasteiger partial charge in [-0.1, -0.05) is 0 Å². The fourth-order valence-electron chi connectivity index (χ4n) is 1.11. The molecule has 0 amide bonds. The van der Waals surface area contributed by atoms with E-state index < -0.39 is 0 Å². The maximum atomic E-state index is 5.48. The fraction of sp³-hybridized carbons (Fsp3) is 0.375. The van der Waals surface area contributed by atoms with Crippen molar-refractivity contribution >= 4 is 11.9 Å². The van der Waals surface area contributed by atoms with Crippen LogP contribution in [0.25, 0.3) is 0 Å². The average molecular weight is 209 g/mol. The number of nitrogens with two attached hydrogens (primary N) is 3. The Morgan fingerprint density at radius 2 is 2.20 bits per heavy atom. The third-order valence-corrected chi connectivity index (χ3v) is 1.61. The van der Waals surface area contributed by atoms with Crippen molar-refractivity contribution in [1.82, 2.24) is 9.78 Å². The van der Waals surface area contributed by atoms with Gasteiger partial charge in [0.1, 0.15) is 0 Å². The van der Waals surface area contributed by atoms with Crippen molar-refractivity contribution in [1.29, 1.82) is 0 Å². The lowest BCUT2D eigenvalue weighted by atomic mass is 10.3. The van der Waals surface area contributed by atoms with Gasteiger partial charge < -0.3 is 17.2 Å². The van der Waals surface area contributed by atoms with Gasteiger partial charge in [0.25, 0.3) is 0 Å². The van der Waals surface area contributed by atoms with E-state index in [0.29, 0.717) is 6.54 Å². The second-order valence-electron chi connectivity index (χ2n) is 3.10. The summed E-state index contributed by atoms with van der Waals surface area (Å²) >= 11 is 0. The van der Waals surface area contributed by atoms with E-state index >= 15 is 0 Å². The molecule has 1 atom stereocenters. The number of hydrogen-bond acceptors (Lipinski definition) is 2. The highest BCUT2D eigenvalue weighted by atomic mass is 15.3. The Hall–Kier alpha value is -2.05. The molecular formula is C8H15N7. The molecule has 1 aromatic heterocycles. The second-order valence-corrected chi connectivity index (χ2v) is 3.10. The highest BCUT2D eigenvalue weighted by Gasteiger charge is 2.01. The molecule has 0 saturated heterocycles. The topological polar surface area (TPSA) is 121 Å². The molecule has 0 radical (unpaired) electrons. The standard InChI is InChI=1S/C8H15N7/c1-6(5-15-4-2-3-12-15)13-8(11)14-7(9)10/h2-4,6H,5H2,1H3,(H6,9,10,11,13,14). The van der Waals surface area contributed by atoms with Gasteiger partial charge in [-0.3, -0.25) is 4.68 Å². The van der Waals surface area contributed by atoms with Gasteiger partial charge in [-0.2, -0.15) is 10.1 Å². The summed E-state index contributed by atoms with van der Waals surface area (Å²) in [5.74, 6) is -0.0165. The molecule has 6 N–H and O–H groups in total. The minimum Gasteiger partial charge on any atom is -0.370 e. The van der Waals surface area contributed by atoms with Crippen LogP contribution in [0.2, 0.25) is 0 Å². The van der Waals surface area contributed by atoms with Crippen LogP contribution < -0.4 is 17.2 Å². The Morgan fingerprint density at radius 1 is 1.47 bits per heavy atom. The lowest BCUT2D eigenvalue weighted by molar-refractivity contribution is 0.540. The zero-order valence-electron chi connectivity index (χ0n) is 8.54. The van der Waals surface area contributed by atoms with Crippen LogP contribution in [0, 0.1) is 0 Å². The van der Waals surface area contributed by atoms with E-state index in [2.05, 4.69) is 15.1 Å². The third-order valence-electron chi connectivity index (χ3n) is 1.61. The van der Waals surface area contributed by atoms with Crippen molar-refractivity contribution in [3.63, 3.8) is 0 Å². The quantitative estimate of drug-likeness (QED) is 0.430. The predicted molar refractivity (Wildman–Crippen MR) is 59.1 cm³/mol. The minimum absolute atomic E-state index is 0.0343. The van der Waals surface area contributed by atoms with E-state index in [4.69, 9.17) is 17.2 Å². The zero-order chi connectivity index (χ0) is 11.3. The minimum atomic E-state index is -0.0949. The average Bonchev–Trinajstić information content (AvgIpc) is 2.53. The number of guanidine groups is 2. The van der Waals surface area contributed by atoms with Crippen LogP contribution >= 0.6 is 0 Å². The fourth-order valence-corrected chi connectivity index (χ4v) is 1.11. The normalized spacial score (nSPS) is 13.5. The van der Waals surface area contributed by atoms with E-state index in [9.17, 15) is 0 Å². The summed E-state index contributed by atoms with van der Waals surface area (Å²) in [6, 6.07) is 1.81. The van der Waals surface area contributed by atoms with E-state index in [0.717, 1.165) is 0 Å². The van der Waals surface area contributed by atoms with E-state index in [1.807, 2.05) is 19.2 Å². The summed E-state index contributed by atoms with van der Waals surface area (Å²) in [7, 11) is 0. The molecular weight excluding hydrogens is 194 g/mol. The maximum Gasteiger partial charge on any atom is 0.218 e. The van der Waals surface area contributed by atoms with Gasteiger partial charge >= 0.3 is 0 Å². The van der Waals surface area contributed by atoms with E-state index in [1.165, 1.54) is 0 Å². The predicted octanol–water partition coefficient (Wildman–Crippen LogP) is -1.14. The lowest BCUT2D eigenvalue weighted by Gasteiger charge is -2.06. The first-order valence-electron chi connectivity index (χ1n) is 4.48. The number of hydrogen-bond donors (Lipinski definition) is 3. The molecule has 7 heteroatoms. The summed E-state index contributed by atoms with van der Waals surface area (Å²) in [6.07, 6.45) is 3.55. The number of aromatic nitrogens is 2. The molecule has 82 valence electrons. The van der Waals surface area contributed by atoms with Crippen LogP contribution in [0.1, 0.15) is 6.92 Å². The highest BCUT2D eigenvalue weighted by Crippen LogP contribution is 1.95. The number of nitrogens with zero attached hydrogens (tertiary/aromatic N) is 4. The highest BCUT2D eigenvalue weighted by molar-refractivity contribution is 5.92. The van der Waals surface area contributed by atoms with E-state index in [1.54, 1.807) is 10.9 Å². The molecule has 1 unspecified atom stereocenters. The van der Waals surface area contributed by atoms with Gasteiger partial charge in [-0.15, -0.1) is 0 Å². The van der Waals surface area contributed by atoms with Gasteiger partial charge in [0.2, 0.25) is 5.96 Å². The molecule has 0 saturated carbocycles. The van der Waals surface area contributed by atoms with Gasteiger partial charge in [-0.05, 0) is 13.0 Å². The molecule has 1 rings (SSSR count). The Morgan fingerprint density at radius 3 is 2.73 bits per heavy atom. The third kappa shape index (κ3) is 4.12. The van der Waals surface area contributed by atoms with Crippen molar-refractivity contribution in [2.24, 2.45) is 27.2 Å². The Bertz CT molecular complexity index is 347. The summed E-state index contributed by atoms with van der Waals surface area (Å²) in [6.45, 7) is 2.53. The zero-order valence-corrected chi connectivity index (χ0v) is 8.54. The molecule has 1 aromatic rings. The molecule has 0 aliphatic carbocycles. The van der Waals surface area contributed by atoms with Crippen LogP contribution in [0.15, 0.2) is 28.4 Å². The largest absolute Gasteiger partial charge is 0.370 e. The number of rotatable bonds is 3. The molecule has 0 spiro atoms. The Balaban J connectivity index is 2.55. The van der Waals surface area contributed by atoms with Crippen LogP contribution in [-0.4, -0.2) is 27.7 Å². The monoisotopic (exact) mass is 209 g/mol. The first kappa shape index (κ1) is 11.0. The van der Waals surface area contributed by atoms with Crippen molar-refractivity contribution in [3.05, 3.63) is 18.5 Å². The molecule has 7 nitrogen and oxygen atoms in total. The van der Waals surface area contributed by atoms with E-state index in [-0.39, 0.29) is 18.0 Å². The molecule has 0 bridgehead atoms. The molecule has 15 heavy (non-hydrogen) atoms. The van der Waals surface area contributed by atoms with Crippen molar-refractivity contribution < 1.29 is 0 Å². The van der Waals surface area contributed by atoms with Crippen LogP contribution in [-0.2, 0) is 6.54 Å².